The first kappa shape index (κ1) is 12.0. The average molecular weight is 324 g/mol. The molecule has 98 valence electrons. The number of H-pyrrole nitrogens is 1. The molecule has 1 heterocycles. The van der Waals surface area contributed by atoms with Crippen molar-refractivity contribution in [2.24, 2.45) is 0 Å². The van der Waals surface area contributed by atoms with Crippen LogP contribution in [0.1, 0.15) is 22.5 Å². The Hall–Kier alpha value is -1.80. The van der Waals surface area contributed by atoms with E-state index in [1.54, 1.807) is 0 Å². The monoisotopic (exact) mass is 323 g/mol. The number of hydrogen-bond acceptors (Lipinski definition) is 0. The molecule has 4 rings (SSSR count). The molecule has 1 aliphatic carbocycles. The minimum Gasteiger partial charge on any atom is -0.355 e. The van der Waals surface area contributed by atoms with Crippen molar-refractivity contribution in [2.75, 3.05) is 0 Å². The van der Waals surface area contributed by atoms with E-state index in [4.69, 9.17) is 0 Å². The summed E-state index contributed by atoms with van der Waals surface area (Å²) in [6.45, 7) is 0. The third-order valence-electron chi connectivity index (χ3n) is 3.92. The van der Waals surface area contributed by atoms with Gasteiger partial charge in [-0.15, -0.1) is 0 Å². The largest absolute Gasteiger partial charge is 0.355 e. The summed E-state index contributed by atoms with van der Waals surface area (Å²) in [5, 5.41) is 1.33. The minimum absolute atomic E-state index is 0.405. The smallest absolute Gasteiger partial charge is 0.0462 e. The Morgan fingerprint density at radius 3 is 2.70 bits per heavy atom. The van der Waals surface area contributed by atoms with Crippen molar-refractivity contribution in [1.29, 1.82) is 0 Å². The van der Waals surface area contributed by atoms with Crippen LogP contribution in [-0.4, -0.2) is 4.98 Å². The summed E-state index contributed by atoms with van der Waals surface area (Å²) in [6, 6.07) is 17.2. The highest BCUT2D eigenvalue weighted by molar-refractivity contribution is 9.09. The molecule has 1 atom stereocenters. The van der Waals surface area contributed by atoms with Crippen molar-refractivity contribution < 1.29 is 0 Å². The van der Waals surface area contributed by atoms with Crippen LogP contribution in [0.3, 0.4) is 0 Å². The molecular weight excluding hydrogens is 310 g/mol. The fraction of sp³-hybridized carbons (Fsp3) is 0.111. The van der Waals surface area contributed by atoms with E-state index in [0.29, 0.717) is 4.83 Å². The van der Waals surface area contributed by atoms with Crippen LogP contribution in [0.5, 0.6) is 0 Å². The van der Waals surface area contributed by atoms with Crippen LogP contribution in [0.25, 0.3) is 28.1 Å². The van der Waals surface area contributed by atoms with Crippen molar-refractivity contribution >= 4 is 32.9 Å². The second-order valence-electron chi connectivity index (χ2n) is 5.18. The van der Waals surface area contributed by atoms with Crippen LogP contribution < -0.4 is 0 Å². The van der Waals surface area contributed by atoms with Crippen molar-refractivity contribution in [3.63, 3.8) is 0 Å². The van der Waals surface area contributed by atoms with Gasteiger partial charge in [-0.1, -0.05) is 58.4 Å². The van der Waals surface area contributed by atoms with Gasteiger partial charge in [-0.3, -0.25) is 0 Å². The van der Waals surface area contributed by atoms with Gasteiger partial charge in [0.25, 0.3) is 0 Å². The SMILES string of the molecule is BrC1CC=Cc2[nH]c3ccc(-c4ccccc4)cc3c21. The van der Waals surface area contributed by atoms with Crippen LogP contribution in [-0.2, 0) is 0 Å². The molecule has 1 nitrogen and oxygen atoms in total. The fourth-order valence-corrected chi connectivity index (χ4v) is 3.64. The van der Waals surface area contributed by atoms with E-state index in [-0.39, 0.29) is 0 Å². The number of aromatic amines is 1. The van der Waals surface area contributed by atoms with Gasteiger partial charge in [0.1, 0.15) is 0 Å². The van der Waals surface area contributed by atoms with Gasteiger partial charge in [0.15, 0.2) is 0 Å². The number of fused-ring (bicyclic) bond motifs is 3. The van der Waals surface area contributed by atoms with Crippen molar-refractivity contribution in [1.82, 2.24) is 4.98 Å². The number of benzene rings is 2. The Balaban J connectivity index is 1.95. The summed E-state index contributed by atoms with van der Waals surface area (Å²) in [5.74, 6) is 0. The number of hydrogen-bond donors (Lipinski definition) is 1. The lowest BCUT2D eigenvalue weighted by Crippen LogP contribution is -1.94. The van der Waals surface area contributed by atoms with Crippen molar-refractivity contribution in [3.05, 3.63) is 65.9 Å². The van der Waals surface area contributed by atoms with E-state index >= 15 is 0 Å². The molecular formula is C18H14BrN. The summed E-state index contributed by atoms with van der Waals surface area (Å²) in [5.41, 5.74) is 6.38. The maximum Gasteiger partial charge on any atom is 0.0462 e. The zero-order valence-electron chi connectivity index (χ0n) is 10.9. The second-order valence-corrected chi connectivity index (χ2v) is 6.29. The van der Waals surface area contributed by atoms with Crippen molar-refractivity contribution in [2.45, 2.75) is 11.2 Å². The molecule has 0 spiro atoms. The standard InChI is InChI=1S/C18H14BrN/c19-15-7-4-8-17-18(15)14-11-13(9-10-16(14)20-17)12-5-2-1-3-6-12/h1-6,8-11,15,20H,7H2. The van der Waals surface area contributed by atoms with E-state index in [9.17, 15) is 0 Å². The molecule has 1 aromatic heterocycles. The normalized spacial score (nSPS) is 17.4. The van der Waals surface area contributed by atoms with Gasteiger partial charge in [-0.05, 0) is 41.3 Å². The molecule has 3 aromatic rings. The highest BCUT2D eigenvalue weighted by Gasteiger charge is 2.19. The highest BCUT2D eigenvalue weighted by atomic mass is 79.9. The summed E-state index contributed by atoms with van der Waals surface area (Å²) < 4.78 is 0. The summed E-state index contributed by atoms with van der Waals surface area (Å²) in [7, 11) is 0. The third kappa shape index (κ3) is 1.83. The molecule has 1 N–H and O–H groups in total. The second kappa shape index (κ2) is 4.64. The summed E-state index contributed by atoms with van der Waals surface area (Å²) >= 11 is 3.80. The van der Waals surface area contributed by atoms with Gasteiger partial charge in [0.2, 0.25) is 0 Å². The molecule has 1 aliphatic rings. The fourth-order valence-electron chi connectivity index (χ4n) is 2.94. The van der Waals surface area contributed by atoms with E-state index < -0.39 is 0 Å². The maximum atomic E-state index is 3.80. The van der Waals surface area contributed by atoms with E-state index in [1.807, 2.05) is 0 Å². The van der Waals surface area contributed by atoms with Gasteiger partial charge in [-0.25, -0.2) is 0 Å². The van der Waals surface area contributed by atoms with Gasteiger partial charge >= 0.3 is 0 Å². The summed E-state index contributed by atoms with van der Waals surface area (Å²) in [4.78, 5) is 3.91. The van der Waals surface area contributed by atoms with Gasteiger partial charge < -0.3 is 4.98 Å². The lowest BCUT2D eigenvalue weighted by atomic mass is 9.98. The Morgan fingerprint density at radius 1 is 1.00 bits per heavy atom. The molecule has 0 fully saturated rings. The zero-order valence-corrected chi connectivity index (χ0v) is 12.5. The maximum absolute atomic E-state index is 3.80. The van der Waals surface area contributed by atoms with Gasteiger partial charge in [0.05, 0.1) is 0 Å². The molecule has 0 bridgehead atoms. The lowest BCUT2D eigenvalue weighted by molar-refractivity contribution is 0.980. The number of halogens is 1. The number of nitrogens with one attached hydrogen (secondary N) is 1. The van der Waals surface area contributed by atoms with Crippen LogP contribution in [0, 0.1) is 0 Å². The highest BCUT2D eigenvalue weighted by Crippen LogP contribution is 2.40. The topological polar surface area (TPSA) is 15.8 Å². The quantitative estimate of drug-likeness (QED) is 0.554. The number of rotatable bonds is 1. The van der Waals surface area contributed by atoms with Gasteiger partial charge in [-0.2, -0.15) is 0 Å². The zero-order chi connectivity index (χ0) is 13.5. The van der Waals surface area contributed by atoms with E-state index in [1.165, 1.54) is 33.3 Å². The molecule has 0 radical (unpaired) electrons. The molecule has 0 amide bonds. The Morgan fingerprint density at radius 2 is 1.85 bits per heavy atom. The Labute approximate surface area is 126 Å². The Bertz CT molecular complexity index is 799. The number of allylic oxidation sites excluding steroid dienone is 1. The molecule has 0 aliphatic heterocycles. The molecule has 1 unspecified atom stereocenters. The van der Waals surface area contributed by atoms with E-state index in [0.717, 1.165) is 6.42 Å². The van der Waals surface area contributed by atoms with Crippen molar-refractivity contribution in [3.8, 4) is 11.1 Å². The number of alkyl halides is 1. The van der Waals surface area contributed by atoms with Gasteiger partial charge in [0, 0.05) is 21.4 Å². The van der Waals surface area contributed by atoms with Crippen LogP contribution >= 0.6 is 15.9 Å². The molecule has 2 heteroatoms. The molecule has 20 heavy (non-hydrogen) atoms. The predicted molar refractivity (Wildman–Crippen MR) is 89.1 cm³/mol. The third-order valence-corrected chi connectivity index (χ3v) is 4.75. The summed E-state index contributed by atoms with van der Waals surface area (Å²) in [6.07, 6.45) is 5.46. The predicted octanol–water partition coefficient (Wildman–Crippen LogP) is 5.69. The first-order valence-corrected chi connectivity index (χ1v) is 7.76. The van der Waals surface area contributed by atoms with Crippen LogP contribution in [0.2, 0.25) is 0 Å². The average Bonchev–Trinajstić information content (AvgIpc) is 2.87. The molecule has 2 aromatic carbocycles. The lowest BCUT2D eigenvalue weighted by Gasteiger charge is -2.12. The first-order chi connectivity index (χ1) is 9.83. The first-order valence-electron chi connectivity index (χ1n) is 6.84. The molecule has 0 saturated carbocycles. The van der Waals surface area contributed by atoms with Crippen LogP contribution in [0.4, 0.5) is 0 Å². The Kier molecular flexibility index (Phi) is 2.78. The minimum atomic E-state index is 0.405. The van der Waals surface area contributed by atoms with E-state index in [2.05, 4.69) is 81.6 Å². The number of aromatic nitrogens is 1. The van der Waals surface area contributed by atoms with Crippen LogP contribution in [0.15, 0.2) is 54.6 Å². The molecule has 0 saturated heterocycles.